The normalized spacial score (nSPS) is 17.3. The number of nitrogens with zero attached hydrogens (tertiary/aromatic N) is 2. The Balaban J connectivity index is 1.46. The van der Waals surface area contributed by atoms with Crippen molar-refractivity contribution in [2.75, 3.05) is 38.1 Å². The summed E-state index contributed by atoms with van der Waals surface area (Å²) in [6.45, 7) is 0.605. The van der Waals surface area contributed by atoms with E-state index in [1.165, 1.54) is 46.8 Å². The van der Waals surface area contributed by atoms with Gasteiger partial charge in [0, 0.05) is 31.7 Å². The van der Waals surface area contributed by atoms with Gasteiger partial charge < -0.3 is 15.0 Å². The van der Waals surface area contributed by atoms with Gasteiger partial charge in [-0.25, -0.2) is 12.8 Å². The topological polar surface area (TPSA) is 96.0 Å². The van der Waals surface area contributed by atoms with Crippen molar-refractivity contribution in [3.05, 3.63) is 53.8 Å². The number of benzene rings is 2. The molecule has 1 N–H and O–H groups in total. The Morgan fingerprint density at radius 3 is 2.41 bits per heavy atom. The molecule has 29 heavy (non-hydrogen) atoms. The van der Waals surface area contributed by atoms with Crippen LogP contribution in [0.15, 0.2) is 47.4 Å². The second-order valence-corrected chi connectivity index (χ2v) is 8.64. The van der Waals surface area contributed by atoms with Crippen molar-refractivity contribution in [3.63, 3.8) is 0 Å². The van der Waals surface area contributed by atoms with E-state index in [0.717, 1.165) is 0 Å². The molecule has 0 spiro atoms. The number of piperazine rings is 1. The number of rotatable bonds is 3. The van der Waals surface area contributed by atoms with E-state index in [1.54, 1.807) is 4.90 Å². The summed E-state index contributed by atoms with van der Waals surface area (Å²) >= 11 is 0. The molecule has 0 unspecified atom stereocenters. The molecular weight excluding hydrogens is 401 g/mol. The maximum Gasteiger partial charge on any atom is 0.262 e. The van der Waals surface area contributed by atoms with E-state index in [4.69, 9.17) is 4.74 Å². The third-order valence-electron chi connectivity index (χ3n) is 4.84. The smallest absolute Gasteiger partial charge is 0.262 e. The third kappa shape index (κ3) is 3.81. The van der Waals surface area contributed by atoms with Gasteiger partial charge in [-0.05, 0) is 42.5 Å². The van der Waals surface area contributed by atoms with Crippen LogP contribution in [0.3, 0.4) is 0 Å². The number of anilines is 1. The molecule has 2 aliphatic rings. The molecule has 0 saturated carbocycles. The van der Waals surface area contributed by atoms with E-state index >= 15 is 0 Å². The fourth-order valence-corrected chi connectivity index (χ4v) is 4.73. The second-order valence-electron chi connectivity index (χ2n) is 6.70. The Bertz CT molecular complexity index is 1060. The van der Waals surface area contributed by atoms with Crippen LogP contribution >= 0.6 is 0 Å². The zero-order chi connectivity index (χ0) is 20.6. The van der Waals surface area contributed by atoms with Crippen molar-refractivity contribution in [2.45, 2.75) is 4.90 Å². The molecule has 4 rings (SSSR count). The molecule has 10 heteroatoms. The van der Waals surface area contributed by atoms with Gasteiger partial charge in [0.25, 0.3) is 11.8 Å². The van der Waals surface area contributed by atoms with Gasteiger partial charge in [-0.2, -0.15) is 4.31 Å². The van der Waals surface area contributed by atoms with Crippen LogP contribution in [-0.4, -0.2) is 62.2 Å². The summed E-state index contributed by atoms with van der Waals surface area (Å²) in [6, 6.07) is 9.56. The number of carbonyl (C=O) groups excluding carboxylic acids is 2. The van der Waals surface area contributed by atoms with Gasteiger partial charge in [-0.15, -0.1) is 0 Å². The third-order valence-corrected chi connectivity index (χ3v) is 6.73. The molecule has 0 aromatic heterocycles. The van der Waals surface area contributed by atoms with Crippen LogP contribution in [0.1, 0.15) is 10.4 Å². The summed E-state index contributed by atoms with van der Waals surface area (Å²) < 4.78 is 45.5. The summed E-state index contributed by atoms with van der Waals surface area (Å²) in [5.41, 5.74) is 0.667. The Morgan fingerprint density at radius 1 is 1.03 bits per heavy atom. The Kier molecular flexibility index (Phi) is 4.97. The van der Waals surface area contributed by atoms with Crippen molar-refractivity contribution in [1.29, 1.82) is 0 Å². The minimum atomic E-state index is -3.79. The molecule has 0 radical (unpaired) electrons. The molecule has 2 aromatic carbocycles. The fourth-order valence-electron chi connectivity index (χ4n) is 3.28. The second kappa shape index (κ2) is 7.45. The predicted molar refractivity (Wildman–Crippen MR) is 102 cm³/mol. The number of sulfonamides is 1. The highest BCUT2D eigenvalue weighted by Crippen LogP contribution is 2.31. The van der Waals surface area contributed by atoms with Crippen molar-refractivity contribution in [3.8, 4) is 5.75 Å². The van der Waals surface area contributed by atoms with Gasteiger partial charge in [-0.3, -0.25) is 9.59 Å². The number of ether oxygens (including phenoxy) is 1. The van der Waals surface area contributed by atoms with Crippen LogP contribution in [0.4, 0.5) is 10.1 Å². The number of amides is 2. The first-order chi connectivity index (χ1) is 13.8. The molecule has 1 saturated heterocycles. The highest BCUT2D eigenvalue weighted by atomic mass is 32.2. The first kappa shape index (κ1) is 19.3. The highest BCUT2D eigenvalue weighted by Gasteiger charge is 2.31. The van der Waals surface area contributed by atoms with Crippen molar-refractivity contribution >= 4 is 27.5 Å². The number of nitrogens with one attached hydrogen (secondary N) is 1. The lowest BCUT2D eigenvalue weighted by molar-refractivity contribution is -0.118. The maximum atomic E-state index is 13.0. The molecule has 2 aliphatic heterocycles. The Hall–Kier alpha value is -2.98. The molecule has 2 heterocycles. The average Bonchev–Trinajstić information content (AvgIpc) is 2.73. The van der Waals surface area contributed by atoms with Gasteiger partial charge in [0.2, 0.25) is 10.0 Å². The van der Waals surface area contributed by atoms with Gasteiger partial charge in [0.15, 0.2) is 6.61 Å². The molecule has 8 nitrogen and oxygen atoms in total. The van der Waals surface area contributed by atoms with Crippen LogP contribution in [0.2, 0.25) is 0 Å². The molecule has 0 bridgehead atoms. The van der Waals surface area contributed by atoms with Gasteiger partial charge in [0.1, 0.15) is 11.6 Å². The molecule has 152 valence electrons. The number of carbonyl (C=O) groups is 2. The lowest BCUT2D eigenvalue weighted by atomic mass is 10.2. The summed E-state index contributed by atoms with van der Waals surface area (Å²) in [6.07, 6.45) is 0. The van der Waals surface area contributed by atoms with Gasteiger partial charge in [0.05, 0.1) is 10.6 Å². The minimum absolute atomic E-state index is 0.0420. The lowest BCUT2D eigenvalue weighted by Crippen LogP contribution is -2.50. The maximum absolute atomic E-state index is 13.0. The Morgan fingerprint density at radius 2 is 1.72 bits per heavy atom. The van der Waals surface area contributed by atoms with E-state index in [9.17, 15) is 22.4 Å². The molecular formula is C19H18FN3O5S. The fraction of sp³-hybridized carbons (Fsp3) is 0.263. The van der Waals surface area contributed by atoms with Crippen LogP contribution in [0.25, 0.3) is 0 Å². The predicted octanol–water partition coefficient (Wildman–Crippen LogP) is 1.30. The monoisotopic (exact) mass is 419 g/mol. The van der Waals surface area contributed by atoms with Gasteiger partial charge in [-0.1, -0.05) is 0 Å². The van der Waals surface area contributed by atoms with E-state index in [1.807, 2.05) is 0 Å². The van der Waals surface area contributed by atoms with E-state index in [-0.39, 0.29) is 49.5 Å². The number of hydrogen-bond acceptors (Lipinski definition) is 5. The first-order valence-electron chi connectivity index (χ1n) is 8.96. The zero-order valence-electron chi connectivity index (χ0n) is 15.3. The molecule has 0 atom stereocenters. The van der Waals surface area contributed by atoms with E-state index < -0.39 is 15.8 Å². The molecule has 0 aliphatic carbocycles. The number of fused-ring (bicyclic) bond motifs is 1. The lowest BCUT2D eigenvalue weighted by Gasteiger charge is -2.34. The quantitative estimate of drug-likeness (QED) is 0.809. The van der Waals surface area contributed by atoms with Crippen LogP contribution < -0.4 is 10.1 Å². The first-order valence-corrected chi connectivity index (χ1v) is 10.4. The van der Waals surface area contributed by atoms with Crippen LogP contribution in [0.5, 0.6) is 5.75 Å². The van der Waals surface area contributed by atoms with E-state index in [2.05, 4.69) is 5.32 Å². The largest absolute Gasteiger partial charge is 0.482 e. The molecule has 2 aromatic rings. The average molecular weight is 419 g/mol. The molecule has 2 amide bonds. The minimum Gasteiger partial charge on any atom is -0.482 e. The highest BCUT2D eigenvalue weighted by molar-refractivity contribution is 7.89. The van der Waals surface area contributed by atoms with Gasteiger partial charge >= 0.3 is 0 Å². The zero-order valence-corrected chi connectivity index (χ0v) is 16.1. The van der Waals surface area contributed by atoms with Crippen LogP contribution in [0, 0.1) is 5.82 Å². The Labute approximate surface area is 166 Å². The van der Waals surface area contributed by atoms with Crippen molar-refractivity contribution < 1.29 is 27.1 Å². The summed E-state index contributed by atoms with van der Waals surface area (Å²) in [4.78, 5) is 25.6. The molecule has 1 fully saturated rings. The standard InChI is InChI=1S/C19H18FN3O5S/c20-14-3-1-13(2-4-14)19(25)22-7-9-23(10-8-22)29(26,27)15-5-6-17-16(11-15)21-18(24)12-28-17/h1-6,11H,7-10,12H2,(H,21,24). The summed E-state index contributed by atoms with van der Waals surface area (Å²) in [5.74, 6) is -0.627. The summed E-state index contributed by atoms with van der Waals surface area (Å²) in [5, 5.41) is 2.59. The summed E-state index contributed by atoms with van der Waals surface area (Å²) in [7, 11) is -3.79. The van der Waals surface area contributed by atoms with Crippen molar-refractivity contribution in [2.24, 2.45) is 0 Å². The van der Waals surface area contributed by atoms with E-state index in [0.29, 0.717) is 17.0 Å². The number of halogens is 1. The number of hydrogen-bond donors (Lipinski definition) is 1. The SMILES string of the molecule is O=C1COc2ccc(S(=O)(=O)N3CCN(C(=O)c4ccc(F)cc4)CC3)cc2N1. The van der Waals surface area contributed by atoms with Crippen LogP contribution in [-0.2, 0) is 14.8 Å². The van der Waals surface area contributed by atoms with Crippen molar-refractivity contribution in [1.82, 2.24) is 9.21 Å².